The van der Waals surface area contributed by atoms with Crippen LogP contribution in [0.15, 0.2) is 24.3 Å². The maximum Gasteiger partial charge on any atom is 0.416 e. The van der Waals surface area contributed by atoms with Gasteiger partial charge in [-0.15, -0.1) is 4.72 Å². The van der Waals surface area contributed by atoms with E-state index in [1.807, 2.05) is 27.7 Å². The highest BCUT2D eigenvalue weighted by Gasteiger charge is 2.32. The van der Waals surface area contributed by atoms with Crippen molar-refractivity contribution in [2.45, 2.75) is 51.1 Å². The normalized spacial score (nSPS) is 16.0. The van der Waals surface area contributed by atoms with E-state index < -0.39 is 27.8 Å². The van der Waals surface area contributed by atoms with Gasteiger partial charge in [0.15, 0.2) is 0 Å². The van der Waals surface area contributed by atoms with Gasteiger partial charge in [-0.05, 0) is 44.9 Å². The minimum Gasteiger partial charge on any atom is -0.598 e. The quantitative estimate of drug-likeness (QED) is 0.846. The molecule has 0 saturated heterocycles. The molecule has 1 aromatic rings. The van der Waals surface area contributed by atoms with E-state index in [1.165, 1.54) is 6.07 Å². The lowest BCUT2D eigenvalue weighted by molar-refractivity contribution is -0.137. The van der Waals surface area contributed by atoms with Crippen molar-refractivity contribution in [2.75, 3.05) is 0 Å². The minimum absolute atomic E-state index is 0.364. The van der Waals surface area contributed by atoms with E-state index in [2.05, 4.69) is 4.72 Å². The fraction of sp³-hybridized carbons (Fsp3) is 0.571. The molecule has 20 heavy (non-hydrogen) atoms. The lowest BCUT2D eigenvalue weighted by Gasteiger charge is -2.28. The Balaban J connectivity index is 2.96. The SMILES string of the molecule is CC[C@@H](N[S+]([O-])C(C)(C)C)c1cccc(C(F)(F)F)c1. The van der Waals surface area contributed by atoms with Crippen LogP contribution < -0.4 is 4.72 Å². The van der Waals surface area contributed by atoms with Crippen LogP contribution in [0.2, 0.25) is 0 Å². The van der Waals surface area contributed by atoms with Crippen molar-refractivity contribution < 1.29 is 17.7 Å². The Hall–Kier alpha value is -0.720. The molecule has 0 bridgehead atoms. The number of hydrogen-bond donors (Lipinski definition) is 1. The Morgan fingerprint density at radius 1 is 1.25 bits per heavy atom. The number of halogens is 3. The Labute approximate surface area is 121 Å². The summed E-state index contributed by atoms with van der Waals surface area (Å²) in [6.07, 6.45) is -3.80. The maximum atomic E-state index is 12.7. The Morgan fingerprint density at radius 2 is 1.85 bits per heavy atom. The van der Waals surface area contributed by atoms with Crippen LogP contribution in [0.4, 0.5) is 13.2 Å². The predicted octanol–water partition coefficient (Wildman–Crippen LogP) is 4.21. The van der Waals surface area contributed by atoms with Crippen LogP contribution in [-0.2, 0) is 17.5 Å². The number of rotatable bonds is 4. The molecule has 0 aliphatic rings. The lowest BCUT2D eigenvalue weighted by atomic mass is 10.0. The highest BCUT2D eigenvalue weighted by Crippen LogP contribution is 2.31. The monoisotopic (exact) mass is 307 g/mol. The molecule has 0 aliphatic heterocycles. The van der Waals surface area contributed by atoms with Gasteiger partial charge in [0.25, 0.3) is 0 Å². The summed E-state index contributed by atoms with van der Waals surface area (Å²) in [5, 5.41) is 0. The maximum absolute atomic E-state index is 12.7. The molecule has 1 rings (SSSR count). The van der Waals surface area contributed by atoms with Gasteiger partial charge < -0.3 is 4.55 Å². The summed E-state index contributed by atoms with van der Waals surface area (Å²) in [6.45, 7) is 7.29. The van der Waals surface area contributed by atoms with Gasteiger partial charge in [0.05, 0.1) is 11.6 Å². The van der Waals surface area contributed by atoms with E-state index in [1.54, 1.807) is 6.07 Å². The molecule has 6 heteroatoms. The van der Waals surface area contributed by atoms with Crippen molar-refractivity contribution >= 4 is 11.4 Å². The summed E-state index contributed by atoms with van der Waals surface area (Å²) in [5.74, 6) is 0. The van der Waals surface area contributed by atoms with Gasteiger partial charge in [0.1, 0.15) is 4.75 Å². The highest BCUT2D eigenvalue weighted by molar-refractivity contribution is 7.90. The van der Waals surface area contributed by atoms with Crippen molar-refractivity contribution in [1.82, 2.24) is 4.72 Å². The molecule has 0 saturated carbocycles. The zero-order valence-electron chi connectivity index (χ0n) is 12.0. The first-order valence-electron chi connectivity index (χ1n) is 6.41. The van der Waals surface area contributed by atoms with E-state index in [0.717, 1.165) is 12.1 Å². The van der Waals surface area contributed by atoms with Gasteiger partial charge in [-0.2, -0.15) is 13.2 Å². The van der Waals surface area contributed by atoms with E-state index in [9.17, 15) is 17.7 Å². The van der Waals surface area contributed by atoms with E-state index in [0.29, 0.717) is 12.0 Å². The van der Waals surface area contributed by atoms with Crippen LogP contribution in [0.3, 0.4) is 0 Å². The largest absolute Gasteiger partial charge is 0.598 e. The van der Waals surface area contributed by atoms with Crippen molar-refractivity contribution in [3.05, 3.63) is 35.4 Å². The predicted molar refractivity (Wildman–Crippen MR) is 75.5 cm³/mol. The minimum atomic E-state index is -4.36. The molecule has 1 aromatic carbocycles. The summed E-state index contributed by atoms with van der Waals surface area (Å²) >= 11 is -1.33. The van der Waals surface area contributed by atoms with Gasteiger partial charge in [0.2, 0.25) is 0 Å². The summed E-state index contributed by atoms with van der Waals surface area (Å²) in [5.41, 5.74) is -0.184. The molecule has 1 unspecified atom stereocenters. The van der Waals surface area contributed by atoms with Gasteiger partial charge in [-0.3, -0.25) is 0 Å². The van der Waals surface area contributed by atoms with Crippen LogP contribution in [-0.4, -0.2) is 9.30 Å². The van der Waals surface area contributed by atoms with Gasteiger partial charge in [-0.25, -0.2) is 0 Å². The number of nitrogens with one attached hydrogen (secondary N) is 1. The number of benzene rings is 1. The van der Waals surface area contributed by atoms with Crippen LogP contribution >= 0.6 is 0 Å². The molecule has 0 aromatic heterocycles. The van der Waals surface area contributed by atoms with Crippen molar-refractivity contribution in [2.24, 2.45) is 0 Å². The standard InChI is InChI=1S/C14H20F3NOS/c1-5-12(18-20(19)13(2,3)4)10-7-6-8-11(9-10)14(15,16)17/h6-9,12,18H,5H2,1-4H3/t12-,20?/m1/s1. The zero-order valence-corrected chi connectivity index (χ0v) is 12.9. The second kappa shape index (κ2) is 6.37. The first-order chi connectivity index (χ1) is 9.05. The molecule has 0 heterocycles. The molecular formula is C14H20F3NOS. The molecule has 0 aliphatic carbocycles. The smallest absolute Gasteiger partial charge is 0.416 e. The van der Waals surface area contributed by atoms with Crippen molar-refractivity contribution in [1.29, 1.82) is 0 Å². The first kappa shape index (κ1) is 17.3. The molecule has 2 atom stereocenters. The van der Waals surface area contributed by atoms with Gasteiger partial charge in [0, 0.05) is 11.4 Å². The molecule has 0 spiro atoms. The molecule has 0 fully saturated rings. The number of hydrogen-bond acceptors (Lipinski definition) is 2. The van der Waals surface area contributed by atoms with E-state index >= 15 is 0 Å². The third kappa shape index (κ3) is 4.68. The summed E-state index contributed by atoms with van der Waals surface area (Å²) in [4.78, 5) is 0. The molecule has 0 amide bonds. The Morgan fingerprint density at radius 3 is 2.30 bits per heavy atom. The molecule has 114 valence electrons. The fourth-order valence-corrected chi connectivity index (χ4v) is 2.54. The average Bonchev–Trinajstić information content (AvgIpc) is 2.33. The summed E-state index contributed by atoms with van der Waals surface area (Å²) < 4.78 is 52.6. The topological polar surface area (TPSA) is 35.1 Å². The van der Waals surface area contributed by atoms with Gasteiger partial charge >= 0.3 is 6.18 Å². The van der Waals surface area contributed by atoms with Crippen molar-refractivity contribution in [3.8, 4) is 0 Å². The first-order valence-corrected chi connectivity index (χ1v) is 7.56. The lowest BCUT2D eigenvalue weighted by Crippen LogP contribution is -2.41. The zero-order chi connectivity index (χ0) is 15.6. The third-order valence-corrected chi connectivity index (χ3v) is 4.44. The van der Waals surface area contributed by atoms with Crippen LogP contribution in [0.1, 0.15) is 51.3 Å². The van der Waals surface area contributed by atoms with Crippen molar-refractivity contribution in [3.63, 3.8) is 0 Å². The fourth-order valence-electron chi connectivity index (χ4n) is 1.62. The number of alkyl halides is 3. The average molecular weight is 307 g/mol. The molecule has 0 radical (unpaired) electrons. The summed E-state index contributed by atoms with van der Waals surface area (Å²) in [7, 11) is 0. The second-order valence-electron chi connectivity index (χ2n) is 5.58. The molecular weight excluding hydrogens is 287 g/mol. The molecule has 2 nitrogen and oxygen atoms in total. The van der Waals surface area contributed by atoms with Crippen LogP contribution in [0.5, 0.6) is 0 Å². The van der Waals surface area contributed by atoms with E-state index in [4.69, 9.17) is 0 Å². The van der Waals surface area contributed by atoms with Crippen LogP contribution in [0.25, 0.3) is 0 Å². The second-order valence-corrected chi connectivity index (χ2v) is 7.58. The van der Waals surface area contributed by atoms with E-state index in [-0.39, 0.29) is 6.04 Å². The van der Waals surface area contributed by atoms with Crippen LogP contribution in [0, 0.1) is 0 Å². The highest BCUT2D eigenvalue weighted by atomic mass is 32.2. The van der Waals surface area contributed by atoms with Gasteiger partial charge in [-0.1, -0.05) is 19.1 Å². The molecule has 1 N–H and O–H groups in total. The Kier molecular flexibility index (Phi) is 5.52. The Bertz CT molecular complexity index is 443. The third-order valence-electron chi connectivity index (χ3n) is 2.83. The summed E-state index contributed by atoms with van der Waals surface area (Å²) in [6, 6.07) is 4.79.